The molecule has 2 aromatic heterocycles. The molecule has 0 bridgehead atoms. The summed E-state index contributed by atoms with van der Waals surface area (Å²) in [6.07, 6.45) is -1.53. The summed E-state index contributed by atoms with van der Waals surface area (Å²) in [5.74, 6) is 0.418. The van der Waals surface area contributed by atoms with Crippen LogP contribution in [0.2, 0.25) is 5.02 Å². The Hall–Kier alpha value is -3.06. The van der Waals surface area contributed by atoms with Gasteiger partial charge in [0.05, 0.1) is 49.7 Å². The zero-order valence-corrected chi connectivity index (χ0v) is 20.2. The summed E-state index contributed by atoms with van der Waals surface area (Å²) in [4.78, 5) is 32.0. The molecule has 1 saturated heterocycles. The Bertz CT molecular complexity index is 1150. The van der Waals surface area contributed by atoms with E-state index in [1.807, 2.05) is 11.8 Å². The Kier molecular flexibility index (Phi) is 7.88. The van der Waals surface area contributed by atoms with Crippen LogP contribution in [0.3, 0.4) is 0 Å². The van der Waals surface area contributed by atoms with Crippen molar-refractivity contribution in [3.8, 4) is 5.75 Å². The third-order valence-electron chi connectivity index (χ3n) is 6.00. The van der Waals surface area contributed by atoms with Gasteiger partial charge in [0.15, 0.2) is 11.6 Å². The number of fused-ring (bicyclic) bond motifs is 3. The van der Waals surface area contributed by atoms with Gasteiger partial charge in [-0.1, -0.05) is 11.6 Å². The smallest absolute Gasteiger partial charge is 0.418 e. The van der Waals surface area contributed by atoms with Gasteiger partial charge < -0.3 is 24.6 Å². The van der Waals surface area contributed by atoms with Gasteiger partial charge in [-0.2, -0.15) is 18.3 Å². The minimum atomic E-state index is -4.50. The lowest BCUT2D eigenvalue weighted by Gasteiger charge is -2.41. The second-order valence-corrected chi connectivity index (χ2v) is 9.04. The highest BCUT2D eigenvalue weighted by Crippen LogP contribution is 2.38. The third-order valence-corrected chi connectivity index (χ3v) is 6.38. The van der Waals surface area contributed by atoms with Crippen LogP contribution in [0, 0.1) is 0 Å². The summed E-state index contributed by atoms with van der Waals surface area (Å²) < 4.78 is 50.3. The fourth-order valence-corrected chi connectivity index (χ4v) is 4.34. The highest BCUT2D eigenvalue weighted by atomic mass is 35.5. The first-order valence-electron chi connectivity index (χ1n) is 11.5. The third kappa shape index (κ3) is 6.01. The van der Waals surface area contributed by atoms with Crippen LogP contribution in [0.1, 0.15) is 25.3 Å². The van der Waals surface area contributed by atoms with Crippen LogP contribution >= 0.6 is 11.6 Å². The van der Waals surface area contributed by atoms with Gasteiger partial charge in [0.25, 0.3) is 5.56 Å². The first kappa shape index (κ1) is 26.0. The molecule has 4 rings (SSSR count). The summed E-state index contributed by atoms with van der Waals surface area (Å²) in [5.41, 5.74) is -0.954. The predicted molar refractivity (Wildman–Crippen MR) is 125 cm³/mol. The number of H-pyrrole nitrogens is 1. The highest BCUT2D eigenvalue weighted by molar-refractivity contribution is 6.32. The molecular weight excluding hydrogens is 505 g/mol. The number of hydrogen-bond donors (Lipinski definition) is 2. The van der Waals surface area contributed by atoms with E-state index < -0.39 is 17.3 Å². The maximum atomic E-state index is 13.0. The van der Waals surface area contributed by atoms with Crippen LogP contribution in [0.15, 0.2) is 23.3 Å². The summed E-state index contributed by atoms with van der Waals surface area (Å²) in [6, 6.07) is 0.697. The standard InChI is InChI=1S/C22H26ClF3N6O4/c1-13(29-16-10-28-30-21(34)19(16)23)12-35-6-3-18(33)31-4-5-32-15(11-31)2-7-36-17-8-14(22(24,25)26)9-27-20(17)32/h8-10,13,15H,2-7,11-12H2,1H3,(H2,29,30,34)/t13-,15-/m0/s1. The zero-order chi connectivity index (χ0) is 25.9. The second kappa shape index (κ2) is 10.9. The zero-order valence-electron chi connectivity index (χ0n) is 19.5. The van der Waals surface area contributed by atoms with Gasteiger partial charge in [-0.25, -0.2) is 10.1 Å². The Labute approximate surface area is 209 Å². The molecule has 0 unspecified atom stereocenters. The number of amides is 1. The number of halogens is 4. The van der Waals surface area contributed by atoms with Gasteiger partial charge in [0.2, 0.25) is 5.91 Å². The molecule has 1 amide bonds. The number of hydrogen-bond acceptors (Lipinski definition) is 8. The fourth-order valence-electron chi connectivity index (χ4n) is 4.20. The fraction of sp³-hybridized carbons (Fsp3) is 0.545. The number of aromatic nitrogens is 3. The van der Waals surface area contributed by atoms with Crippen LogP contribution in [0.25, 0.3) is 0 Å². The van der Waals surface area contributed by atoms with E-state index in [-0.39, 0.29) is 55.0 Å². The number of aromatic amines is 1. The number of nitrogens with zero attached hydrogens (tertiary/aromatic N) is 4. The van der Waals surface area contributed by atoms with Crippen molar-refractivity contribution < 1.29 is 27.4 Å². The Morgan fingerprint density at radius 1 is 1.39 bits per heavy atom. The van der Waals surface area contributed by atoms with Crippen molar-refractivity contribution in [2.24, 2.45) is 0 Å². The molecule has 2 aliphatic rings. The number of anilines is 2. The molecule has 1 fully saturated rings. The minimum Gasteiger partial charge on any atom is -0.490 e. The number of alkyl halides is 3. The van der Waals surface area contributed by atoms with E-state index in [4.69, 9.17) is 21.1 Å². The van der Waals surface area contributed by atoms with Gasteiger partial charge in [-0.15, -0.1) is 0 Å². The number of pyridine rings is 1. The maximum absolute atomic E-state index is 13.0. The Morgan fingerprint density at radius 2 is 2.19 bits per heavy atom. The van der Waals surface area contributed by atoms with E-state index in [0.29, 0.717) is 37.6 Å². The Morgan fingerprint density at radius 3 is 2.97 bits per heavy atom. The summed E-state index contributed by atoms with van der Waals surface area (Å²) in [5, 5.41) is 8.98. The van der Waals surface area contributed by atoms with Crippen molar-refractivity contribution >= 4 is 29.0 Å². The van der Waals surface area contributed by atoms with Gasteiger partial charge in [-0.05, 0) is 13.0 Å². The molecule has 4 heterocycles. The van der Waals surface area contributed by atoms with E-state index in [1.54, 1.807) is 4.90 Å². The van der Waals surface area contributed by atoms with Crippen molar-refractivity contribution in [2.75, 3.05) is 49.7 Å². The average molecular weight is 531 g/mol. The number of carbonyl (C=O) groups excluding carboxylic acids is 1. The van der Waals surface area contributed by atoms with Gasteiger partial charge in [0.1, 0.15) is 5.02 Å². The molecule has 196 valence electrons. The quantitative estimate of drug-likeness (QED) is 0.525. The molecular formula is C22H26ClF3N6O4. The lowest BCUT2D eigenvalue weighted by Crippen LogP contribution is -2.55. The molecule has 0 radical (unpaired) electrons. The number of rotatable bonds is 7. The summed E-state index contributed by atoms with van der Waals surface area (Å²) in [7, 11) is 0. The lowest BCUT2D eigenvalue weighted by atomic mass is 10.1. The molecule has 0 aromatic carbocycles. The van der Waals surface area contributed by atoms with Gasteiger partial charge in [0, 0.05) is 38.3 Å². The van der Waals surface area contributed by atoms with E-state index in [1.165, 1.54) is 6.20 Å². The summed E-state index contributed by atoms with van der Waals surface area (Å²) in [6.45, 7) is 3.87. The largest absolute Gasteiger partial charge is 0.490 e. The SMILES string of the molecule is C[C@@H](COCCC(=O)N1CCN2c3ncc(C(F)(F)F)cc3OCC[C@H]2C1)Nc1cn[nH]c(=O)c1Cl. The van der Waals surface area contributed by atoms with Gasteiger partial charge >= 0.3 is 6.18 Å². The van der Waals surface area contributed by atoms with E-state index in [0.717, 1.165) is 12.3 Å². The van der Waals surface area contributed by atoms with Crippen molar-refractivity contribution in [1.29, 1.82) is 0 Å². The molecule has 0 saturated carbocycles. The molecule has 36 heavy (non-hydrogen) atoms. The summed E-state index contributed by atoms with van der Waals surface area (Å²) >= 11 is 5.94. The normalized spacial score (nSPS) is 18.5. The highest BCUT2D eigenvalue weighted by Gasteiger charge is 2.36. The molecule has 14 heteroatoms. The minimum absolute atomic E-state index is 0.00805. The van der Waals surface area contributed by atoms with E-state index >= 15 is 0 Å². The topological polar surface area (TPSA) is 113 Å². The lowest BCUT2D eigenvalue weighted by molar-refractivity contribution is -0.138. The van der Waals surface area contributed by atoms with Crippen LogP contribution in [0.5, 0.6) is 5.75 Å². The van der Waals surface area contributed by atoms with Crippen molar-refractivity contribution in [3.05, 3.63) is 39.4 Å². The average Bonchev–Trinajstić information content (AvgIpc) is 3.02. The number of ether oxygens (including phenoxy) is 2. The van der Waals surface area contributed by atoms with Crippen molar-refractivity contribution in [1.82, 2.24) is 20.1 Å². The molecule has 0 spiro atoms. The Balaban J connectivity index is 1.25. The molecule has 2 atom stereocenters. The monoisotopic (exact) mass is 530 g/mol. The molecule has 0 aliphatic carbocycles. The van der Waals surface area contributed by atoms with Crippen molar-refractivity contribution in [2.45, 2.75) is 38.0 Å². The van der Waals surface area contributed by atoms with E-state index in [9.17, 15) is 22.8 Å². The first-order chi connectivity index (χ1) is 17.1. The van der Waals surface area contributed by atoms with Gasteiger partial charge in [-0.3, -0.25) is 9.59 Å². The van der Waals surface area contributed by atoms with Crippen LogP contribution in [0.4, 0.5) is 24.7 Å². The number of piperazine rings is 1. The van der Waals surface area contributed by atoms with Crippen LogP contribution in [-0.2, 0) is 15.7 Å². The molecule has 2 aromatic rings. The number of nitrogens with one attached hydrogen (secondary N) is 2. The van der Waals surface area contributed by atoms with Crippen LogP contribution in [-0.4, -0.2) is 77.5 Å². The number of carbonyl (C=O) groups is 1. The predicted octanol–water partition coefficient (Wildman–Crippen LogP) is 2.54. The maximum Gasteiger partial charge on any atom is 0.418 e. The van der Waals surface area contributed by atoms with E-state index in [2.05, 4.69) is 20.5 Å². The molecule has 10 nitrogen and oxygen atoms in total. The molecule has 2 aliphatic heterocycles. The van der Waals surface area contributed by atoms with Crippen molar-refractivity contribution in [3.63, 3.8) is 0 Å². The first-order valence-corrected chi connectivity index (χ1v) is 11.8. The second-order valence-electron chi connectivity index (χ2n) is 8.66. The molecule has 2 N–H and O–H groups in total. The van der Waals surface area contributed by atoms with Crippen LogP contribution < -0.4 is 20.5 Å².